The fourth-order valence-corrected chi connectivity index (χ4v) is 0.809. The molecule has 0 bridgehead atoms. The van der Waals surface area contributed by atoms with E-state index >= 15 is 0 Å². The highest BCUT2D eigenvalue weighted by Crippen LogP contribution is 2.14. The fourth-order valence-electron chi connectivity index (χ4n) is 0.809. The molecule has 0 aromatic heterocycles. The van der Waals surface area contributed by atoms with Crippen LogP contribution >= 0.6 is 0 Å². The molecule has 0 heterocycles. The summed E-state index contributed by atoms with van der Waals surface area (Å²) in [5.41, 5.74) is 5.23. The Labute approximate surface area is 73.5 Å². The van der Waals surface area contributed by atoms with Gasteiger partial charge in [0.2, 0.25) is 0 Å². The third-order valence-electron chi connectivity index (χ3n) is 1.35. The molecule has 13 heavy (non-hydrogen) atoms. The molecule has 6 nitrogen and oxygen atoms in total. The van der Waals surface area contributed by atoms with Crippen molar-refractivity contribution in [2.24, 2.45) is 5.73 Å². The highest BCUT2D eigenvalue weighted by atomic mass is 16.6. The molecule has 0 fully saturated rings. The van der Waals surface area contributed by atoms with Crippen molar-refractivity contribution in [2.75, 3.05) is 5.32 Å². The molecule has 1 rings (SSSR count). The third kappa shape index (κ3) is 2.44. The third-order valence-corrected chi connectivity index (χ3v) is 1.35. The smallest absolute Gasteiger partial charge is 0.316 e. The number of anilines is 1. The molecule has 0 atom stereocenters. The lowest BCUT2D eigenvalue weighted by molar-refractivity contribution is -0.384. The number of carbonyl (C=O) groups is 1. The Morgan fingerprint density at radius 3 is 2.31 bits per heavy atom. The highest BCUT2D eigenvalue weighted by Gasteiger charge is 2.03. The van der Waals surface area contributed by atoms with Crippen LogP contribution in [0.4, 0.5) is 16.2 Å². The number of urea groups is 1. The summed E-state index contributed by atoms with van der Waals surface area (Å²) >= 11 is 0. The second-order valence-electron chi connectivity index (χ2n) is 2.29. The summed E-state index contributed by atoms with van der Waals surface area (Å²) in [6.07, 6.45) is 0. The Morgan fingerprint density at radius 1 is 1.38 bits per heavy atom. The number of nitrogens with one attached hydrogen (secondary N) is 1. The average molecular weight is 181 g/mol. The first-order chi connectivity index (χ1) is 6.09. The number of nitrogens with two attached hydrogens (primary N) is 1. The van der Waals surface area contributed by atoms with E-state index in [4.69, 9.17) is 5.73 Å². The van der Waals surface area contributed by atoms with Gasteiger partial charge in [-0.1, -0.05) is 0 Å². The normalized spacial score (nSPS) is 9.23. The van der Waals surface area contributed by atoms with Crippen LogP contribution in [0.3, 0.4) is 0 Å². The quantitative estimate of drug-likeness (QED) is 0.527. The first kappa shape index (κ1) is 8.98. The monoisotopic (exact) mass is 181 g/mol. The van der Waals surface area contributed by atoms with Crippen molar-refractivity contribution in [3.63, 3.8) is 0 Å². The zero-order valence-electron chi connectivity index (χ0n) is 6.56. The van der Waals surface area contributed by atoms with Gasteiger partial charge in [-0.3, -0.25) is 10.1 Å². The molecule has 0 unspecified atom stereocenters. The van der Waals surface area contributed by atoms with Crippen LogP contribution in [-0.4, -0.2) is 11.0 Å². The number of hydrogen-bond donors (Lipinski definition) is 2. The lowest BCUT2D eigenvalue weighted by Gasteiger charge is -1.99. The topological polar surface area (TPSA) is 98.3 Å². The summed E-state index contributed by atoms with van der Waals surface area (Å²) in [4.78, 5) is 20.1. The molecule has 0 aliphatic carbocycles. The molecule has 68 valence electrons. The highest BCUT2D eigenvalue weighted by molar-refractivity contribution is 5.87. The number of primary amides is 1. The van der Waals surface area contributed by atoms with Crippen LogP contribution < -0.4 is 11.1 Å². The van der Waals surface area contributed by atoms with Crippen LogP contribution in [0.1, 0.15) is 0 Å². The van der Waals surface area contributed by atoms with E-state index in [1.165, 1.54) is 24.3 Å². The maximum absolute atomic E-state index is 10.4. The van der Waals surface area contributed by atoms with Gasteiger partial charge in [0, 0.05) is 17.8 Å². The van der Waals surface area contributed by atoms with Crippen LogP contribution in [0, 0.1) is 10.1 Å². The van der Waals surface area contributed by atoms with Crippen molar-refractivity contribution in [3.8, 4) is 0 Å². The van der Waals surface area contributed by atoms with Crippen molar-refractivity contribution in [2.45, 2.75) is 0 Å². The van der Waals surface area contributed by atoms with E-state index in [9.17, 15) is 14.9 Å². The zero-order chi connectivity index (χ0) is 9.84. The van der Waals surface area contributed by atoms with Crippen molar-refractivity contribution in [1.82, 2.24) is 0 Å². The Morgan fingerprint density at radius 2 is 1.92 bits per heavy atom. The maximum atomic E-state index is 10.4. The summed E-state index contributed by atoms with van der Waals surface area (Å²) in [6, 6.07) is 4.68. The van der Waals surface area contributed by atoms with Crippen molar-refractivity contribution >= 4 is 17.4 Å². The van der Waals surface area contributed by atoms with Gasteiger partial charge in [0.25, 0.3) is 5.69 Å². The number of amides is 2. The Bertz CT molecular complexity index is 333. The van der Waals surface area contributed by atoms with E-state index in [-0.39, 0.29) is 5.69 Å². The lowest BCUT2D eigenvalue weighted by atomic mass is 10.3. The second kappa shape index (κ2) is 3.53. The molecule has 1 aromatic carbocycles. The Balaban J connectivity index is 2.81. The summed E-state index contributed by atoms with van der Waals surface area (Å²) in [5.74, 6) is 0. The Hall–Kier alpha value is -2.11. The van der Waals surface area contributed by atoms with E-state index in [0.717, 1.165) is 0 Å². The molecule has 0 aliphatic heterocycles. The van der Waals surface area contributed by atoms with Crippen LogP contribution in [0.5, 0.6) is 0 Å². The minimum atomic E-state index is -0.700. The van der Waals surface area contributed by atoms with E-state index in [1.54, 1.807) is 0 Å². The number of hydrogen-bond acceptors (Lipinski definition) is 3. The minimum absolute atomic E-state index is 0.0324. The largest absolute Gasteiger partial charge is 0.351 e. The van der Waals surface area contributed by atoms with Gasteiger partial charge in [-0.25, -0.2) is 4.79 Å². The van der Waals surface area contributed by atoms with E-state index in [2.05, 4.69) is 5.32 Å². The molecular weight excluding hydrogens is 174 g/mol. The molecule has 0 saturated carbocycles. The number of non-ortho nitro benzene ring substituents is 1. The van der Waals surface area contributed by atoms with E-state index < -0.39 is 11.0 Å². The second-order valence-corrected chi connectivity index (χ2v) is 2.29. The molecule has 6 heteroatoms. The molecule has 0 aliphatic rings. The van der Waals surface area contributed by atoms with Crippen molar-refractivity contribution in [1.29, 1.82) is 0 Å². The number of rotatable bonds is 2. The van der Waals surface area contributed by atoms with E-state index in [0.29, 0.717) is 5.69 Å². The predicted molar refractivity (Wildman–Crippen MR) is 46.3 cm³/mol. The molecule has 1 aromatic rings. The van der Waals surface area contributed by atoms with Crippen LogP contribution in [0.25, 0.3) is 0 Å². The lowest BCUT2D eigenvalue weighted by Crippen LogP contribution is -2.19. The molecule has 2 amide bonds. The van der Waals surface area contributed by atoms with Crippen LogP contribution in [0.15, 0.2) is 24.3 Å². The van der Waals surface area contributed by atoms with Crippen molar-refractivity contribution < 1.29 is 9.72 Å². The summed E-state index contributed by atoms with van der Waals surface area (Å²) in [5, 5.41) is 12.5. The SMILES string of the molecule is NC(=O)Nc1ccc([N+](=O)[O-])cc1. The van der Waals surface area contributed by atoms with Gasteiger partial charge < -0.3 is 11.1 Å². The van der Waals surface area contributed by atoms with E-state index in [1.807, 2.05) is 0 Å². The fraction of sp³-hybridized carbons (Fsp3) is 0. The number of nitro groups is 1. The predicted octanol–water partition coefficient (Wildman–Crippen LogP) is 1.09. The first-order valence-corrected chi connectivity index (χ1v) is 3.40. The van der Waals surface area contributed by atoms with Crippen molar-refractivity contribution in [3.05, 3.63) is 34.4 Å². The van der Waals surface area contributed by atoms with Gasteiger partial charge in [-0.15, -0.1) is 0 Å². The summed E-state index contributed by atoms with van der Waals surface area (Å²) in [6.45, 7) is 0. The average Bonchev–Trinajstić information content (AvgIpc) is 2.04. The minimum Gasteiger partial charge on any atom is -0.351 e. The van der Waals surface area contributed by atoms with Gasteiger partial charge in [0.1, 0.15) is 0 Å². The van der Waals surface area contributed by atoms with Gasteiger partial charge in [0.15, 0.2) is 0 Å². The number of nitro benzene ring substituents is 1. The number of nitrogens with zero attached hydrogens (tertiary/aromatic N) is 1. The van der Waals surface area contributed by atoms with Crippen LogP contribution in [0.2, 0.25) is 0 Å². The van der Waals surface area contributed by atoms with Crippen LogP contribution in [-0.2, 0) is 0 Å². The van der Waals surface area contributed by atoms with Gasteiger partial charge in [-0.2, -0.15) is 0 Å². The van der Waals surface area contributed by atoms with Gasteiger partial charge >= 0.3 is 6.03 Å². The van der Waals surface area contributed by atoms with Gasteiger partial charge in [0.05, 0.1) is 4.92 Å². The molecule has 0 spiro atoms. The molecule has 3 N–H and O–H groups in total. The first-order valence-electron chi connectivity index (χ1n) is 3.40. The standard InChI is InChI=1S/C7H7N3O3/c8-7(11)9-5-1-3-6(4-2-5)10(12)13/h1-4H,(H3,8,9,11). The summed E-state index contributed by atoms with van der Waals surface area (Å²) in [7, 11) is 0. The summed E-state index contributed by atoms with van der Waals surface area (Å²) < 4.78 is 0. The number of carbonyl (C=O) groups excluding carboxylic acids is 1. The van der Waals surface area contributed by atoms with Gasteiger partial charge in [-0.05, 0) is 12.1 Å². The number of benzene rings is 1. The maximum Gasteiger partial charge on any atom is 0.316 e. The Kier molecular flexibility index (Phi) is 2.44. The zero-order valence-corrected chi connectivity index (χ0v) is 6.56. The molecular formula is C7H7N3O3. The molecule has 0 radical (unpaired) electrons. The molecule has 0 saturated heterocycles.